The lowest BCUT2D eigenvalue weighted by atomic mass is 9.98. The first-order valence-electron chi connectivity index (χ1n) is 8.33. The monoisotopic (exact) mass is 322 g/mol. The molecule has 0 saturated carbocycles. The summed E-state index contributed by atoms with van der Waals surface area (Å²) in [6.45, 7) is 4.37. The van der Waals surface area contributed by atoms with E-state index in [4.69, 9.17) is 0 Å². The van der Waals surface area contributed by atoms with Crippen LogP contribution in [0, 0.1) is 0 Å². The van der Waals surface area contributed by atoms with Crippen molar-refractivity contribution in [3.63, 3.8) is 0 Å². The number of imide groups is 1. The van der Waals surface area contributed by atoms with E-state index < -0.39 is 0 Å². The maximum absolute atomic E-state index is 11.8. The van der Waals surface area contributed by atoms with Gasteiger partial charge in [-0.3, -0.25) is 14.9 Å². The predicted molar refractivity (Wildman–Crippen MR) is 95.8 cm³/mol. The molecular formula is C20H22N2O2. The van der Waals surface area contributed by atoms with Gasteiger partial charge in [-0.15, -0.1) is 0 Å². The van der Waals surface area contributed by atoms with Crippen molar-refractivity contribution < 1.29 is 9.59 Å². The van der Waals surface area contributed by atoms with Crippen LogP contribution in [0.25, 0.3) is 11.1 Å². The van der Waals surface area contributed by atoms with Gasteiger partial charge in [0.25, 0.3) is 0 Å². The Labute approximate surface area is 142 Å². The molecule has 4 nitrogen and oxygen atoms in total. The summed E-state index contributed by atoms with van der Waals surface area (Å²) in [6.07, 6.45) is 0.909. The fourth-order valence-corrected chi connectivity index (χ4v) is 2.85. The summed E-state index contributed by atoms with van der Waals surface area (Å²) >= 11 is 0. The smallest absolute Gasteiger partial charge is 0.249 e. The highest BCUT2D eigenvalue weighted by Crippen LogP contribution is 2.24. The molecule has 3 rings (SSSR count). The van der Waals surface area contributed by atoms with Crippen LogP contribution in [0.1, 0.15) is 38.2 Å². The first-order chi connectivity index (χ1) is 11.5. The van der Waals surface area contributed by atoms with E-state index in [-0.39, 0.29) is 17.9 Å². The number of nitrogens with one attached hydrogen (secondary N) is 2. The number of hydrogen-bond acceptors (Lipinski definition) is 3. The van der Waals surface area contributed by atoms with Gasteiger partial charge in [-0.1, -0.05) is 50.2 Å². The van der Waals surface area contributed by atoms with Gasteiger partial charge in [-0.25, -0.2) is 0 Å². The fourth-order valence-electron chi connectivity index (χ4n) is 2.85. The highest BCUT2D eigenvalue weighted by molar-refractivity contribution is 6.01. The molecule has 1 heterocycles. The molecule has 4 heteroatoms. The van der Waals surface area contributed by atoms with Gasteiger partial charge in [0.2, 0.25) is 11.8 Å². The molecule has 0 aromatic heterocycles. The van der Waals surface area contributed by atoms with E-state index in [0.29, 0.717) is 18.8 Å². The molecule has 24 heavy (non-hydrogen) atoms. The molecule has 0 spiro atoms. The lowest BCUT2D eigenvalue weighted by Gasteiger charge is -2.22. The van der Waals surface area contributed by atoms with E-state index in [0.717, 1.165) is 11.3 Å². The zero-order valence-corrected chi connectivity index (χ0v) is 14.0. The molecule has 0 bridgehead atoms. The molecule has 2 N–H and O–H groups in total. The Morgan fingerprint density at radius 1 is 0.958 bits per heavy atom. The van der Waals surface area contributed by atoms with Crippen LogP contribution < -0.4 is 10.6 Å². The van der Waals surface area contributed by atoms with Crippen molar-refractivity contribution in [3.05, 3.63) is 54.1 Å². The molecular weight excluding hydrogens is 300 g/mol. The second-order valence-corrected chi connectivity index (χ2v) is 6.50. The lowest BCUT2D eigenvalue weighted by molar-refractivity contribution is -0.133. The number of rotatable bonds is 4. The van der Waals surface area contributed by atoms with Crippen LogP contribution in [-0.2, 0) is 9.59 Å². The Morgan fingerprint density at radius 3 is 2.08 bits per heavy atom. The Morgan fingerprint density at radius 2 is 1.54 bits per heavy atom. The Hall–Kier alpha value is -2.62. The van der Waals surface area contributed by atoms with Crippen molar-refractivity contribution in [2.45, 2.75) is 38.6 Å². The summed E-state index contributed by atoms with van der Waals surface area (Å²) in [4.78, 5) is 23.0. The summed E-state index contributed by atoms with van der Waals surface area (Å²) < 4.78 is 0. The van der Waals surface area contributed by atoms with Crippen molar-refractivity contribution >= 4 is 17.5 Å². The molecule has 2 aromatic rings. The van der Waals surface area contributed by atoms with Gasteiger partial charge in [0.05, 0.1) is 0 Å². The molecule has 0 radical (unpaired) electrons. The molecule has 0 aliphatic carbocycles. The third-order valence-corrected chi connectivity index (χ3v) is 4.38. The van der Waals surface area contributed by atoms with Crippen molar-refractivity contribution in [2.24, 2.45) is 0 Å². The third kappa shape index (κ3) is 3.65. The normalized spacial score (nSPS) is 17.7. The lowest BCUT2D eigenvalue weighted by Crippen LogP contribution is -2.47. The molecule has 2 amide bonds. The summed E-state index contributed by atoms with van der Waals surface area (Å²) in [6, 6.07) is 16.3. The van der Waals surface area contributed by atoms with Crippen LogP contribution in [0.5, 0.6) is 0 Å². The maximum Gasteiger partial charge on any atom is 0.249 e. The summed E-state index contributed by atoms with van der Waals surface area (Å²) in [7, 11) is 0. The maximum atomic E-state index is 11.8. The summed E-state index contributed by atoms with van der Waals surface area (Å²) in [5.74, 6) is 0.0805. The van der Waals surface area contributed by atoms with E-state index in [2.05, 4.69) is 48.7 Å². The largest absolute Gasteiger partial charge is 0.374 e. The number of carbonyl (C=O) groups excluding carboxylic acids is 2. The molecule has 1 fully saturated rings. The number of benzene rings is 2. The van der Waals surface area contributed by atoms with Crippen LogP contribution in [0.15, 0.2) is 48.5 Å². The van der Waals surface area contributed by atoms with Crippen molar-refractivity contribution in [1.82, 2.24) is 5.32 Å². The first kappa shape index (κ1) is 16.2. The van der Waals surface area contributed by atoms with Crippen molar-refractivity contribution in [1.29, 1.82) is 0 Å². The SMILES string of the molecule is CC(C)c1ccc(-c2ccc(NC3CCC(=O)NC3=O)cc2)cc1. The van der Waals surface area contributed by atoms with Crippen molar-refractivity contribution in [2.75, 3.05) is 5.32 Å². The third-order valence-electron chi connectivity index (χ3n) is 4.38. The summed E-state index contributed by atoms with van der Waals surface area (Å²) in [5, 5.41) is 5.55. The molecule has 1 saturated heterocycles. The second kappa shape index (κ2) is 6.87. The fraction of sp³-hybridized carbons (Fsp3) is 0.300. The van der Waals surface area contributed by atoms with E-state index in [1.54, 1.807) is 0 Å². The highest BCUT2D eigenvalue weighted by Gasteiger charge is 2.26. The van der Waals surface area contributed by atoms with Crippen molar-refractivity contribution in [3.8, 4) is 11.1 Å². The quantitative estimate of drug-likeness (QED) is 0.844. The average molecular weight is 322 g/mol. The van der Waals surface area contributed by atoms with E-state index in [1.165, 1.54) is 11.1 Å². The number of piperidine rings is 1. The second-order valence-electron chi connectivity index (χ2n) is 6.50. The van der Waals surface area contributed by atoms with Gasteiger partial charge < -0.3 is 5.32 Å². The van der Waals surface area contributed by atoms with Gasteiger partial charge >= 0.3 is 0 Å². The van der Waals surface area contributed by atoms with Gasteiger partial charge in [0, 0.05) is 12.1 Å². The van der Waals surface area contributed by atoms with E-state index >= 15 is 0 Å². The summed E-state index contributed by atoms with van der Waals surface area (Å²) in [5.41, 5.74) is 4.52. The average Bonchev–Trinajstić information content (AvgIpc) is 2.58. The molecule has 1 atom stereocenters. The molecule has 1 unspecified atom stereocenters. The van der Waals surface area contributed by atoms with Gasteiger partial charge in [-0.05, 0) is 41.2 Å². The van der Waals surface area contributed by atoms with Crippen LogP contribution in [0.4, 0.5) is 5.69 Å². The number of anilines is 1. The Balaban J connectivity index is 1.69. The van der Waals surface area contributed by atoms with Gasteiger partial charge in [0.1, 0.15) is 6.04 Å². The Bertz CT molecular complexity index is 733. The van der Waals surface area contributed by atoms with E-state index in [1.807, 2.05) is 24.3 Å². The molecule has 1 aliphatic heterocycles. The zero-order valence-electron chi connectivity index (χ0n) is 14.0. The van der Waals surface area contributed by atoms with Gasteiger partial charge in [0.15, 0.2) is 0 Å². The topological polar surface area (TPSA) is 58.2 Å². The number of hydrogen-bond donors (Lipinski definition) is 2. The highest BCUT2D eigenvalue weighted by atomic mass is 16.2. The standard InChI is InChI=1S/C20H22N2O2/c1-13(2)14-3-5-15(6-4-14)16-7-9-17(10-8-16)21-18-11-12-19(23)22-20(18)24/h3-10,13,18,21H,11-12H2,1-2H3,(H,22,23,24). The molecule has 124 valence electrons. The minimum atomic E-state index is -0.348. The first-order valence-corrected chi connectivity index (χ1v) is 8.33. The Kier molecular flexibility index (Phi) is 4.65. The van der Waals surface area contributed by atoms with Crippen LogP contribution in [0.3, 0.4) is 0 Å². The zero-order chi connectivity index (χ0) is 17.1. The van der Waals surface area contributed by atoms with Crippen LogP contribution in [0.2, 0.25) is 0 Å². The van der Waals surface area contributed by atoms with E-state index in [9.17, 15) is 9.59 Å². The van der Waals surface area contributed by atoms with Crippen LogP contribution in [-0.4, -0.2) is 17.9 Å². The number of carbonyl (C=O) groups is 2. The van der Waals surface area contributed by atoms with Crippen LogP contribution >= 0.6 is 0 Å². The minimum absolute atomic E-state index is 0.196. The molecule has 2 aromatic carbocycles. The predicted octanol–water partition coefficient (Wildman–Crippen LogP) is 3.69. The van der Waals surface area contributed by atoms with Gasteiger partial charge in [-0.2, -0.15) is 0 Å². The molecule has 1 aliphatic rings. The number of amides is 2. The minimum Gasteiger partial charge on any atom is -0.374 e.